The molecule has 1 saturated carbocycles. The van der Waals surface area contributed by atoms with E-state index in [0.717, 1.165) is 98.6 Å². The van der Waals surface area contributed by atoms with Crippen molar-refractivity contribution in [2.75, 3.05) is 75.0 Å². The molecule has 268 valence electrons. The van der Waals surface area contributed by atoms with Gasteiger partial charge in [-0.2, -0.15) is 4.98 Å². The standard InChI is InChI=1S/C36H46N12O3/c1-23-19-41-36(44-30(37)18-24(2)38-11-13-47-14-16-50-17-15-47)46-33(23)28-20-40-34-27(28)4-3-5-29(34)43-31(49)22-48-12-9-26(21-48)51-32-8-10-39-35(45-32)42-25-6-7-25/h3-5,8,10,18-20,25-26,38,40H,6-7,9,11-17,21-22H2,1-2H3,(H,43,49)(H,39,42,45)(H2,37,41,44,46)/b24-18-/t26-/m0/s1. The van der Waals surface area contributed by atoms with Crippen LogP contribution in [-0.2, 0) is 9.53 Å². The maximum absolute atomic E-state index is 13.2. The maximum Gasteiger partial charge on any atom is 0.238 e. The van der Waals surface area contributed by atoms with Gasteiger partial charge in [0.2, 0.25) is 23.7 Å². The number of nitrogens with one attached hydrogen (secondary N) is 6. The van der Waals surface area contributed by atoms with Crippen LogP contribution in [0.1, 0.15) is 31.7 Å². The van der Waals surface area contributed by atoms with E-state index in [9.17, 15) is 4.79 Å². The number of fused-ring (bicyclic) bond motifs is 1. The Kier molecular flexibility index (Phi) is 10.7. The van der Waals surface area contributed by atoms with E-state index in [4.69, 9.17) is 19.9 Å². The third kappa shape index (κ3) is 9.17. The highest BCUT2D eigenvalue weighted by molar-refractivity contribution is 6.06. The molecule has 1 aromatic carbocycles. The zero-order valence-electron chi connectivity index (χ0n) is 29.2. The van der Waals surface area contributed by atoms with Crippen LogP contribution in [-0.4, -0.2) is 118 Å². The highest BCUT2D eigenvalue weighted by atomic mass is 16.5. The minimum atomic E-state index is -0.0978. The number of amidine groups is 1. The van der Waals surface area contributed by atoms with Crippen LogP contribution in [0.3, 0.4) is 0 Å². The normalized spacial score (nSPS) is 18.5. The minimum Gasteiger partial charge on any atom is -0.473 e. The Bertz CT molecular complexity index is 1880. The van der Waals surface area contributed by atoms with Gasteiger partial charge in [0.1, 0.15) is 11.9 Å². The average Bonchev–Trinajstić information content (AvgIpc) is 3.65. The molecule has 0 spiro atoms. The monoisotopic (exact) mass is 694 g/mol. The first-order valence-electron chi connectivity index (χ1n) is 17.7. The number of hydrogen-bond acceptors (Lipinski definition) is 12. The lowest BCUT2D eigenvalue weighted by Gasteiger charge is -2.26. The van der Waals surface area contributed by atoms with Gasteiger partial charge in [-0.15, -0.1) is 0 Å². The largest absolute Gasteiger partial charge is 0.473 e. The second-order valence-electron chi connectivity index (χ2n) is 13.4. The molecule has 3 aliphatic rings. The summed E-state index contributed by atoms with van der Waals surface area (Å²) in [6.45, 7) is 10.7. The lowest BCUT2D eigenvalue weighted by atomic mass is 10.1. The summed E-state index contributed by atoms with van der Waals surface area (Å²) >= 11 is 0. The molecule has 5 heterocycles. The fourth-order valence-corrected chi connectivity index (χ4v) is 6.38. The van der Waals surface area contributed by atoms with E-state index in [0.29, 0.717) is 36.1 Å². The SMILES string of the molecule is C/C(=C/C(=N)Nc1ncc(C)c(-c2c[nH]c3c(NC(=O)CN4CC[C@H](Oc5ccnc(NC6CC6)n5)C4)cccc23)n1)NCCN1CCOCC1. The van der Waals surface area contributed by atoms with Crippen LogP contribution in [0.2, 0.25) is 0 Å². The van der Waals surface area contributed by atoms with Crippen molar-refractivity contribution in [1.82, 2.24) is 40.0 Å². The number of morpholine rings is 1. The number of anilines is 3. The topological polar surface area (TPSA) is 181 Å². The van der Waals surface area contributed by atoms with E-state index in [1.54, 1.807) is 24.5 Å². The summed E-state index contributed by atoms with van der Waals surface area (Å²) in [7, 11) is 0. The fraction of sp³-hybridized carbons (Fsp3) is 0.444. The first-order valence-corrected chi connectivity index (χ1v) is 17.7. The number of allylic oxidation sites excluding steroid dienone is 1. The van der Waals surface area contributed by atoms with Crippen LogP contribution in [0.25, 0.3) is 22.2 Å². The number of aryl methyl sites for hydroxylation is 1. The Hall–Kier alpha value is -5.12. The highest BCUT2D eigenvalue weighted by Crippen LogP contribution is 2.33. The molecule has 0 unspecified atom stereocenters. The zero-order chi connectivity index (χ0) is 35.2. The van der Waals surface area contributed by atoms with Gasteiger partial charge in [0, 0.05) is 86.6 Å². The Balaban J connectivity index is 0.938. The number of rotatable bonds is 14. The van der Waals surface area contributed by atoms with Gasteiger partial charge in [0.25, 0.3) is 0 Å². The van der Waals surface area contributed by atoms with E-state index < -0.39 is 0 Å². The number of amides is 1. The second-order valence-corrected chi connectivity index (χ2v) is 13.4. The maximum atomic E-state index is 13.2. The van der Waals surface area contributed by atoms with Gasteiger partial charge in [-0.05, 0) is 50.8 Å². The van der Waals surface area contributed by atoms with Crippen molar-refractivity contribution in [3.8, 4) is 17.1 Å². The smallest absolute Gasteiger partial charge is 0.238 e. The Morgan fingerprint density at radius 3 is 2.78 bits per heavy atom. The molecule has 15 heteroatoms. The molecule has 1 amide bonds. The number of ether oxygens (including phenoxy) is 2. The van der Waals surface area contributed by atoms with Crippen molar-refractivity contribution >= 4 is 40.2 Å². The number of carbonyl (C=O) groups excluding carboxylic acids is 1. The van der Waals surface area contributed by atoms with Crippen molar-refractivity contribution in [2.45, 2.75) is 45.3 Å². The molecule has 4 aromatic rings. The fourth-order valence-electron chi connectivity index (χ4n) is 6.38. The summed E-state index contributed by atoms with van der Waals surface area (Å²) in [5.74, 6) is 1.57. The van der Waals surface area contributed by atoms with Gasteiger partial charge in [-0.3, -0.25) is 20.0 Å². The summed E-state index contributed by atoms with van der Waals surface area (Å²) < 4.78 is 11.5. The van der Waals surface area contributed by atoms with E-state index in [-0.39, 0.29) is 24.4 Å². The number of para-hydroxylation sites is 1. The second kappa shape index (κ2) is 15.8. The predicted molar refractivity (Wildman–Crippen MR) is 197 cm³/mol. The molecular weight excluding hydrogens is 648 g/mol. The van der Waals surface area contributed by atoms with Crippen LogP contribution >= 0.6 is 0 Å². The van der Waals surface area contributed by atoms with Crippen molar-refractivity contribution in [3.63, 3.8) is 0 Å². The number of benzene rings is 1. The first kappa shape index (κ1) is 34.3. The van der Waals surface area contributed by atoms with Crippen LogP contribution in [0.4, 0.5) is 17.6 Å². The Labute approximate surface area is 297 Å². The predicted octanol–water partition coefficient (Wildman–Crippen LogP) is 3.60. The number of aromatic amines is 1. The van der Waals surface area contributed by atoms with Crippen molar-refractivity contribution < 1.29 is 14.3 Å². The van der Waals surface area contributed by atoms with Crippen LogP contribution in [0.5, 0.6) is 5.88 Å². The van der Waals surface area contributed by atoms with Crippen molar-refractivity contribution in [2.24, 2.45) is 0 Å². The van der Waals surface area contributed by atoms with Crippen LogP contribution in [0, 0.1) is 12.3 Å². The Morgan fingerprint density at radius 1 is 1.08 bits per heavy atom. The number of likely N-dealkylation sites (tertiary alicyclic amines) is 1. The number of hydrogen-bond donors (Lipinski definition) is 6. The van der Waals surface area contributed by atoms with Gasteiger partial charge in [-0.25, -0.2) is 15.0 Å². The molecule has 2 saturated heterocycles. The molecule has 7 rings (SSSR count). The van der Waals surface area contributed by atoms with Gasteiger partial charge in [0.05, 0.1) is 36.7 Å². The molecule has 3 aromatic heterocycles. The molecule has 6 N–H and O–H groups in total. The summed E-state index contributed by atoms with van der Waals surface area (Å²) in [4.78, 5) is 39.0. The molecule has 1 aliphatic carbocycles. The van der Waals surface area contributed by atoms with Gasteiger partial charge in [-0.1, -0.05) is 12.1 Å². The molecule has 0 radical (unpaired) electrons. The van der Waals surface area contributed by atoms with Gasteiger partial charge >= 0.3 is 0 Å². The molecule has 15 nitrogen and oxygen atoms in total. The van der Waals surface area contributed by atoms with E-state index >= 15 is 0 Å². The van der Waals surface area contributed by atoms with Gasteiger partial charge < -0.3 is 35.7 Å². The lowest BCUT2D eigenvalue weighted by molar-refractivity contribution is -0.117. The van der Waals surface area contributed by atoms with E-state index in [2.05, 4.69) is 51.0 Å². The minimum absolute atomic E-state index is 0.0441. The summed E-state index contributed by atoms with van der Waals surface area (Å²) in [5, 5.41) is 22.2. The number of nitrogens with zero attached hydrogens (tertiary/aromatic N) is 6. The molecule has 0 bridgehead atoms. The highest BCUT2D eigenvalue weighted by Gasteiger charge is 2.27. The molecule has 1 atom stereocenters. The first-order chi connectivity index (χ1) is 24.9. The van der Waals surface area contributed by atoms with Crippen molar-refractivity contribution in [3.05, 3.63) is 60.2 Å². The van der Waals surface area contributed by atoms with E-state index in [1.807, 2.05) is 38.2 Å². The van der Waals surface area contributed by atoms with Crippen LogP contribution in [0.15, 0.2) is 54.6 Å². The number of H-pyrrole nitrogens is 1. The summed E-state index contributed by atoms with van der Waals surface area (Å²) in [5.41, 5.74) is 4.90. The third-order valence-corrected chi connectivity index (χ3v) is 9.18. The quantitative estimate of drug-likeness (QED) is 0.0835. The molecule has 51 heavy (non-hydrogen) atoms. The molecule has 3 fully saturated rings. The summed E-state index contributed by atoms with van der Waals surface area (Å²) in [6, 6.07) is 8.06. The van der Waals surface area contributed by atoms with Gasteiger partial charge in [0.15, 0.2) is 0 Å². The molecule has 2 aliphatic heterocycles. The number of carbonyl (C=O) groups is 1. The number of aromatic nitrogens is 5. The van der Waals surface area contributed by atoms with Crippen LogP contribution < -0.4 is 26.0 Å². The lowest BCUT2D eigenvalue weighted by Crippen LogP contribution is -2.40. The zero-order valence-corrected chi connectivity index (χ0v) is 29.2. The van der Waals surface area contributed by atoms with Crippen molar-refractivity contribution in [1.29, 1.82) is 5.41 Å². The third-order valence-electron chi connectivity index (χ3n) is 9.18. The summed E-state index contributed by atoms with van der Waals surface area (Å²) in [6.07, 6.45) is 10.2. The average molecular weight is 695 g/mol. The van der Waals surface area contributed by atoms with E-state index in [1.165, 1.54) is 0 Å². The molecular formula is C36H46N12O3. The Morgan fingerprint density at radius 2 is 1.94 bits per heavy atom.